The minimum atomic E-state index is -0.0705. The number of unbranched alkanes of at least 4 members (excludes halogenated alkanes) is 2. The first-order chi connectivity index (χ1) is 17.4. The van der Waals surface area contributed by atoms with Crippen LogP contribution in [0.25, 0.3) is 10.9 Å². The molecule has 0 spiro atoms. The molecule has 2 aromatic carbocycles. The summed E-state index contributed by atoms with van der Waals surface area (Å²) in [5.74, 6) is -0.121. The van der Waals surface area contributed by atoms with Gasteiger partial charge in [0.25, 0.3) is 5.91 Å². The van der Waals surface area contributed by atoms with Gasteiger partial charge in [-0.2, -0.15) is 5.10 Å². The second kappa shape index (κ2) is 11.6. The van der Waals surface area contributed by atoms with E-state index in [-0.39, 0.29) is 24.9 Å². The highest BCUT2D eigenvalue weighted by atomic mass is 16.2. The lowest BCUT2D eigenvalue weighted by Crippen LogP contribution is -2.48. The molecule has 192 valence electrons. The molecule has 1 N–H and O–H groups in total. The normalized spacial score (nSPS) is 13.1. The number of carbonyl (C=O) groups excluding carboxylic acids is 2. The van der Waals surface area contributed by atoms with Crippen molar-refractivity contribution in [2.24, 2.45) is 0 Å². The van der Waals surface area contributed by atoms with Gasteiger partial charge in [0.1, 0.15) is 0 Å². The molecule has 4 rings (SSSR count). The predicted octanol–water partition coefficient (Wildman–Crippen LogP) is 3.87. The molecule has 0 fully saturated rings. The SMILES string of the molecule is CCCCCNC(=O)CN(CC(=O)N(C)N1Cc2ccccc2C1)c1cc2cn(CC)nc2cc1C. The number of nitrogens with one attached hydrogen (secondary N) is 1. The van der Waals surface area contributed by atoms with Crippen LogP contribution >= 0.6 is 0 Å². The monoisotopic (exact) mass is 490 g/mol. The van der Waals surface area contributed by atoms with Crippen molar-refractivity contribution in [2.45, 2.75) is 59.7 Å². The second-order valence-corrected chi connectivity index (χ2v) is 9.60. The Hall–Kier alpha value is -3.39. The number of benzene rings is 2. The molecule has 36 heavy (non-hydrogen) atoms. The number of carbonyl (C=O) groups is 2. The van der Waals surface area contributed by atoms with E-state index in [1.165, 1.54) is 11.1 Å². The van der Waals surface area contributed by atoms with E-state index >= 15 is 0 Å². The van der Waals surface area contributed by atoms with Gasteiger partial charge in [0.05, 0.1) is 18.6 Å². The number of hydrogen-bond donors (Lipinski definition) is 1. The Morgan fingerprint density at radius 3 is 2.44 bits per heavy atom. The van der Waals surface area contributed by atoms with Gasteiger partial charge in [-0.1, -0.05) is 44.0 Å². The third-order valence-corrected chi connectivity index (χ3v) is 6.91. The van der Waals surface area contributed by atoms with Gasteiger partial charge in [-0.15, -0.1) is 0 Å². The van der Waals surface area contributed by atoms with Crippen LogP contribution in [-0.4, -0.2) is 58.3 Å². The summed E-state index contributed by atoms with van der Waals surface area (Å²) in [5.41, 5.74) is 5.28. The number of aromatic nitrogens is 2. The topological polar surface area (TPSA) is 73.7 Å². The van der Waals surface area contributed by atoms with E-state index in [1.54, 1.807) is 5.01 Å². The summed E-state index contributed by atoms with van der Waals surface area (Å²) in [6.45, 7) is 9.30. The lowest BCUT2D eigenvalue weighted by molar-refractivity contribution is -0.145. The van der Waals surface area contributed by atoms with Gasteiger partial charge >= 0.3 is 0 Å². The van der Waals surface area contributed by atoms with E-state index in [1.807, 2.05) is 54.0 Å². The molecule has 8 heteroatoms. The Morgan fingerprint density at radius 1 is 1.06 bits per heavy atom. The standard InChI is InChI=1S/C28H38N6O2/c1-5-7-10-13-29-27(35)19-32(26-15-24-16-33(6-2)30-25(24)14-21(26)3)20-28(36)31(4)34-17-22-11-8-9-12-23(22)18-34/h8-9,11-12,14-16H,5-7,10,13,17-20H2,1-4H3,(H,29,35). The minimum Gasteiger partial charge on any atom is -0.355 e. The van der Waals surface area contributed by atoms with Crippen molar-refractivity contribution < 1.29 is 9.59 Å². The summed E-state index contributed by atoms with van der Waals surface area (Å²) < 4.78 is 1.91. The maximum atomic E-state index is 13.5. The van der Waals surface area contributed by atoms with Gasteiger partial charge < -0.3 is 10.2 Å². The second-order valence-electron chi connectivity index (χ2n) is 9.60. The molecule has 1 aliphatic heterocycles. The maximum absolute atomic E-state index is 13.5. The highest BCUT2D eigenvalue weighted by molar-refractivity contribution is 5.90. The lowest BCUT2D eigenvalue weighted by atomic mass is 10.1. The molecule has 2 heterocycles. The molecule has 1 aromatic heterocycles. The largest absolute Gasteiger partial charge is 0.355 e. The molecule has 2 amide bonds. The highest BCUT2D eigenvalue weighted by Gasteiger charge is 2.27. The van der Waals surface area contributed by atoms with E-state index in [9.17, 15) is 9.59 Å². The summed E-state index contributed by atoms with van der Waals surface area (Å²) in [6, 6.07) is 12.4. The van der Waals surface area contributed by atoms with E-state index in [0.29, 0.717) is 19.6 Å². The average Bonchev–Trinajstić information content (AvgIpc) is 3.48. The smallest absolute Gasteiger partial charge is 0.256 e. The fourth-order valence-electron chi connectivity index (χ4n) is 4.73. The fourth-order valence-corrected chi connectivity index (χ4v) is 4.73. The highest BCUT2D eigenvalue weighted by Crippen LogP contribution is 2.27. The molecule has 0 aliphatic carbocycles. The summed E-state index contributed by atoms with van der Waals surface area (Å²) in [5, 5.41) is 12.4. The van der Waals surface area contributed by atoms with Crippen LogP contribution in [0.5, 0.6) is 0 Å². The van der Waals surface area contributed by atoms with Crippen molar-refractivity contribution >= 4 is 28.4 Å². The van der Waals surface area contributed by atoms with Crippen molar-refractivity contribution in [2.75, 3.05) is 31.6 Å². The number of anilines is 1. The van der Waals surface area contributed by atoms with Crippen LogP contribution in [0.4, 0.5) is 5.69 Å². The predicted molar refractivity (Wildman–Crippen MR) is 143 cm³/mol. The first-order valence-electron chi connectivity index (χ1n) is 13.0. The Kier molecular flexibility index (Phi) is 8.25. The van der Waals surface area contributed by atoms with E-state index in [4.69, 9.17) is 0 Å². The van der Waals surface area contributed by atoms with E-state index in [0.717, 1.165) is 48.0 Å². The molecule has 1 aliphatic rings. The maximum Gasteiger partial charge on any atom is 0.256 e. The summed E-state index contributed by atoms with van der Waals surface area (Å²) in [4.78, 5) is 28.2. The molecule has 0 saturated heterocycles. The zero-order valence-electron chi connectivity index (χ0n) is 22.0. The van der Waals surface area contributed by atoms with Crippen LogP contribution in [0.3, 0.4) is 0 Å². The Balaban J connectivity index is 1.53. The van der Waals surface area contributed by atoms with Crippen LogP contribution in [-0.2, 0) is 29.2 Å². The number of amides is 2. The summed E-state index contributed by atoms with van der Waals surface area (Å²) in [6.07, 6.45) is 5.16. The van der Waals surface area contributed by atoms with Crippen molar-refractivity contribution in [1.82, 2.24) is 25.1 Å². The molecule has 3 aromatic rings. The number of fused-ring (bicyclic) bond motifs is 2. The first kappa shape index (κ1) is 25.7. The molecule has 0 radical (unpaired) electrons. The van der Waals surface area contributed by atoms with Gasteiger partial charge in [-0.05, 0) is 49.1 Å². The number of hydrogen-bond acceptors (Lipinski definition) is 5. The zero-order valence-corrected chi connectivity index (χ0v) is 22.0. The molecule has 8 nitrogen and oxygen atoms in total. The van der Waals surface area contributed by atoms with Gasteiger partial charge in [-0.3, -0.25) is 19.3 Å². The molecular weight excluding hydrogens is 452 g/mol. The quantitative estimate of drug-likeness (QED) is 0.413. The summed E-state index contributed by atoms with van der Waals surface area (Å²) >= 11 is 0. The molecule has 0 bridgehead atoms. The van der Waals surface area contributed by atoms with Crippen molar-refractivity contribution in [3.63, 3.8) is 0 Å². The number of nitrogens with zero attached hydrogens (tertiary/aromatic N) is 5. The number of aryl methyl sites for hydroxylation is 2. The first-order valence-corrected chi connectivity index (χ1v) is 13.0. The van der Waals surface area contributed by atoms with Gasteiger partial charge in [-0.25, -0.2) is 5.01 Å². The molecular formula is C28H38N6O2. The Labute approximate surface area is 213 Å². The van der Waals surface area contributed by atoms with Gasteiger partial charge in [0.15, 0.2) is 0 Å². The van der Waals surface area contributed by atoms with Crippen LogP contribution in [0, 0.1) is 6.92 Å². The molecule has 0 unspecified atom stereocenters. The number of hydrazine groups is 1. The van der Waals surface area contributed by atoms with Crippen molar-refractivity contribution in [3.8, 4) is 0 Å². The Morgan fingerprint density at radius 2 is 1.78 bits per heavy atom. The number of rotatable bonds is 11. The van der Waals surface area contributed by atoms with Crippen LogP contribution < -0.4 is 10.2 Å². The third kappa shape index (κ3) is 5.87. The average molecular weight is 491 g/mol. The molecule has 0 saturated carbocycles. The van der Waals surface area contributed by atoms with E-state index < -0.39 is 0 Å². The summed E-state index contributed by atoms with van der Waals surface area (Å²) in [7, 11) is 1.82. The fraction of sp³-hybridized carbons (Fsp3) is 0.464. The molecule has 0 atom stereocenters. The van der Waals surface area contributed by atoms with Crippen LogP contribution in [0.2, 0.25) is 0 Å². The zero-order chi connectivity index (χ0) is 25.7. The number of likely N-dealkylation sites (N-methyl/N-ethyl adjacent to an activating group) is 1. The van der Waals surface area contributed by atoms with Crippen molar-refractivity contribution in [3.05, 3.63) is 59.3 Å². The minimum absolute atomic E-state index is 0.0506. The van der Waals surface area contributed by atoms with Gasteiger partial charge in [0, 0.05) is 50.5 Å². The van der Waals surface area contributed by atoms with Gasteiger partial charge in [0.2, 0.25) is 5.91 Å². The third-order valence-electron chi connectivity index (χ3n) is 6.91. The van der Waals surface area contributed by atoms with E-state index in [2.05, 4.69) is 41.4 Å². The van der Waals surface area contributed by atoms with Crippen molar-refractivity contribution in [1.29, 1.82) is 0 Å². The van der Waals surface area contributed by atoms with Crippen LogP contribution in [0.1, 0.15) is 49.8 Å². The van der Waals surface area contributed by atoms with Crippen LogP contribution in [0.15, 0.2) is 42.6 Å². The Bertz CT molecular complexity index is 1190. The lowest BCUT2D eigenvalue weighted by Gasteiger charge is -2.32.